The third-order valence-corrected chi connectivity index (χ3v) is 3.66. The first-order valence-corrected chi connectivity index (χ1v) is 8.08. The molecule has 0 radical (unpaired) electrons. The van der Waals surface area contributed by atoms with Gasteiger partial charge in [0.05, 0.1) is 12.4 Å². The van der Waals surface area contributed by atoms with Gasteiger partial charge >= 0.3 is 0 Å². The summed E-state index contributed by atoms with van der Waals surface area (Å²) in [4.78, 5) is 11.5. The van der Waals surface area contributed by atoms with Gasteiger partial charge in [-0.3, -0.25) is 4.79 Å². The van der Waals surface area contributed by atoms with Crippen molar-refractivity contribution in [1.29, 1.82) is 0 Å². The molecule has 0 bridgehead atoms. The fourth-order valence-electron chi connectivity index (χ4n) is 2.03. The molecule has 0 amide bonds. The van der Waals surface area contributed by atoms with Crippen molar-refractivity contribution in [2.24, 2.45) is 0 Å². The predicted octanol–water partition coefficient (Wildman–Crippen LogP) is 2.62. The van der Waals surface area contributed by atoms with Crippen LogP contribution < -0.4 is 16.1 Å². The summed E-state index contributed by atoms with van der Waals surface area (Å²) in [6, 6.07) is 8.84. The van der Waals surface area contributed by atoms with Gasteiger partial charge in [0.15, 0.2) is 5.76 Å². The SMILES string of the molecule is O=c1cc(CCl)oc(CNCCNCc2cccc(Cl)c2)c1O. The Kier molecular flexibility index (Phi) is 6.92. The van der Waals surface area contributed by atoms with E-state index in [9.17, 15) is 9.90 Å². The highest BCUT2D eigenvalue weighted by atomic mass is 35.5. The number of aromatic hydroxyl groups is 1. The van der Waals surface area contributed by atoms with Crippen LogP contribution >= 0.6 is 23.2 Å². The molecule has 23 heavy (non-hydrogen) atoms. The van der Waals surface area contributed by atoms with Crippen LogP contribution in [0.15, 0.2) is 39.5 Å². The van der Waals surface area contributed by atoms with Crippen molar-refractivity contribution in [2.75, 3.05) is 13.1 Å². The van der Waals surface area contributed by atoms with Crippen molar-refractivity contribution < 1.29 is 9.52 Å². The van der Waals surface area contributed by atoms with Crippen molar-refractivity contribution in [1.82, 2.24) is 10.6 Å². The Morgan fingerprint density at radius 1 is 1.13 bits per heavy atom. The maximum Gasteiger partial charge on any atom is 0.227 e. The maximum atomic E-state index is 11.5. The highest BCUT2D eigenvalue weighted by Gasteiger charge is 2.10. The molecular weight excluding hydrogens is 339 g/mol. The largest absolute Gasteiger partial charge is 0.502 e. The molecule has 2 aromatic rings. The zero-order valence-electron chi connectivity index (χ0n) is 12.4. The van der Waals surface area contributed by atoms with Crippen LogP contribution in [0.2, 0.25) is 5.02 Å². The quantitative estimate of drug-likeness (QED) is 0.500. The van der Waals surface area contributed by atoms with Crippen LogP contribution in [0.1, 0.15) is 17.1 Å². The first-order chi connectivity index (χ1) is 11.1. The number of hydrogen-bond donors (Lipinski definition) is 3. The van der Waals surface area contributed by atoms with E-state index < -0.39 is 5.43 Å². The Bertz CT molecular complexity index is 704. The molecule has 3 N–H and O–H groups in total. The summed E-state index contributed by atoms with van der Waals surface area (Å²) in [6.45, 7) is 2.33. The van der Waals surface area contributed by atoms with E-state index in [1.807, 2.05) is 24.3 Å². The molecule has 0 aliphatic rings. The first-order valence-electron chi connectivity index (χ1n) is 7.17. The lowest BCUT2D eigenvalue weighted by Gasteiger charge is -2.08. The van der Waals surface area contributed by atoms with Gasteiger partial charge in [0.25, 0.3) is 0 Å². The van der Waals surface area contributed by atoms with Gasteiger partial charge in [-0.25, -0.2) is 0 Å². The molecule has 2 rings (SSSR count). The molecular formula is C16H18Cl2N2O3. The molecule has 0 fully saturated rings. The Morgan fingerprint density at radius 2 is 1.87 bits per heavy atom. The Balaban J connectivity index is 1.73. The standard InChI is InChI=1S/C16H18Cl2N2O3/c17-8-13-7-14(21)16(22)15(23-13)10-20-5-4-19-9-11-2-1-3-12(18)6-11/h1-3,6-7,19-20,22H,4-5,8-10H2. The van der Waals surface area contributed by atoms with Crippen molar-refractivity contribution in [3.8, 4) is 5.75 Å². The van der Waals surface area contributed by atoms with Gasteiger partial charge in [0, 0.05) is 30.7 Å². The summed E-state index contributed by atoms with van der Waals surface area (Å²) >= 11 is 11.6. The second kappa shape index (κ2) is 8.93. The van der Waals surface area contributed by atoms with E-state index in [-0.39, 0.29) is 23.9 Å². The molecule has 7 heteroatoms. The third-order valence-electron chi connectivity index (χ3n) is 3.16. The Labute approximate surface area is 144 Å². The first kappa shape index (κ1) is 17.8. The van der Waals surface area contributed by atoms with E-state index in [1.54, 1.807) is 0 Å². The number of nitrogens with one attached hydrogen (secondary N) is 2. The Morgan fingerprint density at radius 3 is 2.57 bits per heavy atom. The molecule has 0 unspecified atom stereocenters. The molecule has 0 aliphatic carbocycles. The summed E-state index contributed by atoms with van der Waals surface area (Å²) in [5.41, 5.74) is 0.624. The van der Waals surface area contributed by atoms with Crippen molar-refractivity contribution >= 4 is 23.2 Å². The van der Waals surface area contributed by atoms with E-state index in [4.69, 9.17) is 27.6 Å². The second-order valence-electron chi connectivity index (χ2n) is 4.97. The average Bonchev–Trinajstić information content (AvgIpc) is 2.54. The van der Waals surface area contributed by atoms with Crippen molar-refractivity contribution in [3.05, 3.63) is 62.7 Å². The smallest absolute Gasteiger partial charge is 0.227 e. The second-order valence-corrected chi connectivity index (χ2v) is 5.67. The van der Waals surface area contributed by atoms with Crippen LogP contribution in [0.5, 0.6) is 5.75 Å². The van der Waals surface area contributed by atoms with Gasteiger partial charge in [-0.1, -0.05) is 23.7 Å². The van der Waals surface area contributed by atoms with Crippen LogP contribution in [0.3, 0.4) is 0 Å². The van der Waals surface area contributed by atoms with Crippen LogP contribution in [0, 0.1) is 0 Å². The molecule has 1 aromatic carbocycles. The Hall–Kier alpha value is -1.53. The molecule has 0 aliphatic heterocycles. The molecule has 5 nitrogen and oxygen atoms in total. The van der Waals surface area contributed by atoms with Crippen molar-refractivity contribution in [2.45, 2.75) is 19.0 Å². The van der Waals surface area contributed by atoms with Gasteiger partial charge in [0.1, 0.15) is 5.76 Å². The fourth-order valence-corrected chi connectivity index (χ4v) is 2.38. The van der Waals surface area contributed by atoms with Gasteiger partial charge in [-0.2, -0.15) is 0 Å². The summed E-state index contributed by atoms with van der Waals surface area (Å²) in [7, 11) is 0. The normalized spacial score (nSPS) is 10.9. The van der Waals surface area contributed by atoms with Gasteiger partial charge in [-0.05, 0) is 17.7 Å². The van der Waals surface area contributed by atoms with Gasteiger partial charge in [0.2, 0.25) is 11.2 Å². The molecule has 0 saturated carbocycles. The number of halogens is 2. The summed E-state index contributed by atoms with van der Waals surface area (Å²) in [5, 5.41) is 16.8. The molecule has 0 saturated heterocycles. The molecule has 0 spiro atoms. The van der Waals surface area contributed by atoms with E-state index in [1.165, 1.54) is 6.07 Å². The number of benzene rings is 1. The van der Waals surface area contributed by atoms with Gasteiger partial charge < -0.3 is 20.2 Å². The zero-order chi connectivity index (χ0) is 16.7. The van der Waals surface area contributed by atoms with Crippen molar-refractivity contribution in [3.63, 3.8) is 0 Å². The number of hydrogen-bond acceptors (Lipinski definition) is 5. The molecule has 1 aromatic heterocycles. The zero-order valence-corrected chi connectivity index (χ0v) is 14.0. The molecule has 0 atom stereocenters. The lowest BCUT2D eigenvalue weighted by molar-refractivity contribution is 0.376. The van der Waals surface area contributed by atoms with E-state index in [0.29, 0.717) is 30.4 Å². The lowest BCUT2D eigenvalue weighted by atomic mass is 10.2. The van der Waals surface area contributed by atoms with Crippen LogP contribution in [-0.2, 0) is 19.0 Å². The summed E-state index contributed by atoms with van der Waals surface area (Å²) in [5.74, 6) is 0.246. The van der Waals surface area contributed by atoms with Crippen LogP contribution in [0.4, 0.5) is 0 Å². The minimum Gasteiger partial charge on any atom is -0.502 e. The maximum absolute atomic E-state index is 11.5. The topological polar surface area (TPSA) is 74.5 Å². The van der Waals surface area contributed by atoms with Gasteiger partial charge in [-0.15, -0.1) is 11.6 Å². The third kappa shape index (κ3) is 5.55. The van der Waals surface area contributed by atoms with E-state index in [0.717, 1.165) is 5.56 Å². The summed E-state index contributed by atoms with van der Waals surface area (Å²) < 4.78 is 5.35. The monoisotopic (exact) mass is 356 g/mol. The van der Waals surface area contributed by atoms with E-state index >= 15 is 0 Å². The average molecular weight is 357 g/mol. The fraction of sp³-hybridized carbons (Fsp3) is 0.312. The predicted molar refractivity (Wildman–Crippen MR) is 91.1 cm³/mol. The number of alkyl halides is 1. The highest BCUT2D eigenvalue weighted by Crippen LogP contribution is 2.14. The van der Waals surface area contributed by atoms with E-state index in [2.05, 4.69) is 10.6 Å². The van der Waals surface area contributed by atoms with Crippen LogP contribution in [0.25, 0.3) is 0 Å². The highest BCUT2D eigenvalue weighted by molar-refractivity contribution is 6.30. The van der Waals surface area contributed by atoms with Crippen LogP contribution in [-0.4, -0.2) is 18.2 Å². The minimum atomic E-state index is -0.484. The lowest BCUT2D eigenvalue weighted by Crippen LogP contribution is -2.27. The number of rotatable bonds is 8. The minimum absolute atomic E-state index is 0.0870. The summed E-state index contributed by atoms with van der Waals surface area (Å²) in [6.07, 6.45) is 0. The molecule has 1 heterocycles. The molecule has 124 valence electrons.